The maximum atomic E-state index is 12.0. The third-order valence-corrected chi connectivity index (χ3v) is 2.28. The van der Waals surface area contributed by atoms with Crippen LogP contribution in [0.25, 0.3) is 0 Å². The average molecular weight is 236 g/mol. The largest absolute Gasteiger partial charge is 0.496 e. The molecule has 0 heterocycles. The Balaban J connectivity index is 3.14. The summed E-state index contributed by atoms with van der Waals surface area (Å²) < 4.78 is 10.3. The molecule has 1 aromatic rings. The first kappa shape index (κ1) is 13.0. The van der Waals surface area contributed by atoms with E-state index in [4.69, 9.17) is 9.47 Å². The summed E-state index contributed by atoms with van der Waals surface area (Å²) in [5.74, 6) is 1.15. The molecule has 0 aliphatic carbocycles. The lowest BCUT2D eigenvalue weighted by Crippen LogP contribution is -2.29. The fourth-order valence-corrected chi connectivity index (χ4v) is 1.36. The lowest BCUT2D eigenvalue weighted by atomic mass is 10.1. The summed E-state index contributed by atoms with van der Waals surface area (Å²) in [6.45, 7) is 1.71. The lowest BCUT2D eigenvalue weighted by Gasteiger charge is -2.12. The number of aliphatic imine (C=N–C) groups is 1. The van der Waals surface area contributed by atoms with Crippen molar-refractivity contribution >= 4 is 11.7 Å². The van der Waals surface area contributed by atoms with Gasteiger partial charge in [0.05, 0.1) is 20.1 Å². The van der Waals surface area contributed by atoms with Gasteiger partial charge in [0.2, 0.25) is 0 Å². The van der Waals surface area contributed by atoms with Crippen LogP contribution in [0.2, 0.25) is 0 Å². The number of carbonyl (C=O) groups is 1. The smallest absolute Gasteiger partial charge is 0.264 e. The highest BCUT2D eigenvalue weighted by Crippen LogP contribution is 2.27. The number of amidine groups is 1. The Labute approximate surface area is 100 Å². The van der Waals surface area contributed by atoms with Crippen molar-refractivity contribution in [1.82, 2.24) is 5.32 Å². The fourth-order valence-electron chi connectivity index (χ4n) is 1.36. The summed E-state index contributed by atoms with van der Waals surface area (Å²) in [6.07, 6.45) is 0. The summed E-state index contributed by atoms with van der Waals surface area (Å²) in [6, 6.07) is 5.17. The highest BCUT2D eigenvalue weighted by atomic mass is 16.5. The molecule has 5 heteroatoms. The van der Waals surface area contributed by atoms with Crippen LogP contribution in [0.3, 0.4) is 0 Å². The zero-order valence-electron chi connectivity index (χ0n) is 10.4. The molecule has 0 saturated carbocycles. The summed E-state index contributed by atoms with van der Waals surface area (Å²) in [4.78, 5) is 15.9. The van der Waals surface area contributed by atoms with E-state index in [9.17, 15) is 4.79 Å². The number of amides is 1. The molecule has 0 saturated heterocycles. The molecule has 5 nitrogen and oxygen atoms in total. The number of rotatable bonds is 3. The van der Waals surface area contributed by atoms with Crippen LogP contribution in [-0.2, 0) is 0 Å². The molecule has 0 spiro atoms. The number of methoxy groups -OCH3 is 2. The van der Waals surface area contributed by atoms with Gasteiger partial charge in [-0.15, -0.1) is 0 Å². The molecule has 0 aromatic heterocycles. The predicted molar refractivity (Wildman–Crippen MR) is 66.0 cm³/mol. The van der Waals surface area contributed by atoms with Gasteiger partial charge in [0.25, 0.3) is 5.91 Å². The SMILES string of the molecule is CN=C(C)NC(=O)c1c(OC)cccc1OC. The van der Waals surface area contributed by atoms with Gasteiger partial charge in [-0.2, -0.15) is 0 Å². The predicted octanol–water partition coefficient (Wildman–Crippen LogP) is 1.48. The first-order valence-corrected chi connectivity index (χ1v) is 5.09. The third kappa shape index (κ3) is 2.96. The summed E-state index contributed by atoms with van der Waals surface area (Å²) in [5, 5.41) is 2.65. The van der Waals surface area contributed by atoms with Crippen molar-refractivity contribution in [3.05, 3.63) is 23.8 Å². The van der Waals surface area contributed by atoms with E-state index in [-0.39, 0.29) is 5.91 Å². The quantitative estimate of drug-likeness (QED) is 0.638. The van der Waals surface area contributed by atoms with Crippen molar-refractivity contribution in [2.75, 3.05) is 21.3 Å². The molecule has 1 N–H and O–H groups in total. The second-order valence-corrected chi connectivity index (χ2v) is 3.30. The highest BCUT2D eigenvalue weighted by molar-refractivity contribution is 6.08. The molecule has 0 bridgehead atoms. The minimum Gasteiger partial charge on any atom is -0.496 e. The van der Waals surface area contributed by atoms with E-state index in [0.29, 0.717) is 22.9 Å². The summed E-state index contributed by atoms with van der Waals surface area (Å²) in [5.41, 5.74) is 0.362. The first-order valence-electron chi connectivity index (χ1n) is 5.09. The first-order chi connectivity index (χ1) is 8.13. The van der Waals surface area contributed by atoms with Gasteiger partial charge in [-0.25, -0.2) is 0 Å². The Morgan fingerprint density at radius 3 is 2.18 bits per heavy atom. The van der Waals surface area contributed by atoms with Crippen molar-refractivity contribution in [2.24, 2.45) is 4.99 Å². The Hall–Kier alpha value is -2.04. The van der Waals surface area contributed by atoms with Gasteiger partial charge in [0.1, 0.15) is 17.1 Å². The van der Waals surface area contributed by atoms with Gasteiger partial charge >= 0.3 is 0 Å². The molecule has 0 atom stereocenters. The minimum absolute atomic E-state index is 0.303. The standard InChI is InChI=1S/C12H16N2O3/c1-8(13-2)14-12(15)11-9(16-3)6-5-7-10(11)17-4/h5-7H,1-4H3,(H,13,14,15). The van der Waals surface area contributed by atoms with E-state index in [1.807, 2.05) is 0 Å². The molecule has 92 valence electrons. The van der Waals surface area contributed by atoms with E-state index in [1.165, 1.54) is 14.2 Å². The second-order valence-electron chi connectivity index (χ2n) is 3.30. The van der Waals surface area contributed by atoms with Crippen LogP contribution in [-0.4, -0.2) is 33.0 Å². The van der Waals surface area contributed by atoms with Gasteiger partial charge in [-0.1, -0.05) is 6.07 Å². The molecule has 0 aliphatic heterocycles. The van der Waals surface area contributed by atoms with Crippen molar-refractivity contribution < 1.29 is 14.3 Å². The van der Waals surface area contributed by atoms with Crippen LogP contribution >= 0.6 is 0 Å². The molecule has 1 amide bonds. The number of ether oxygens (including phenoxy) is 2. The van der Waals surface area contributed by atoms with E-state index in [0.717, 1.165) is 0 Å². The van der Waals surface area contributed by atoms with E-state index >= 15 is 0 Å². The monoisotopic (exact) mass is 236 g/mol. The van der Waals surface area contributed by atoms with Gasteiger partial charge in [0, 0.05) is 7.05 Å². The minimum atomic E-state index is -0.303. The zero-order valence-corrected chi connectivity index (χ0v) is 10.4. The highest BCUT2D eigenvalue weighted by Gasteiger charge is 2.18. The van der Waals surface area contributed by atoms with E-state index in [2.05, 4.69) is 10.3 Å². The fraction of sp³-hybridized carbons (Fsp3) is 0.333. The topological polar surface area (TPSA) is 59.9 Å². The van der Waals surface area contributed by atoms with Crippen LogP contribution in [0.5, 0.6) is 11.5 Å². The number of hydrogen-bond donors (Lipinski definition) is 1. The average Bonchev–Trinajstić information content (AvgIpc) is 2.37. The maximum absolute atomic E-state index is 12.0. The number of nitrogens with zero attached hydrogens (tertiary/aromatic N) is 1. The Kier molecular flexibility index (Phi) is 4.51. The molecule has 0 aliphatic rings. The maximum Gasteiger partial charge on any atom is 0.264 e. The van der Waals surface area contributed by atoms with Gasteiger partial charge < -0.3 is 14.8 Å². The van der Waals surface area contributed by atoms with Gasteiger partial charge in [0.15, 0.2) is 0 Å². The van der Waals surface area contributed by atoms with Crippen molar-refractivity contribution in [3.63, 3.8) is 0 Å². The Morgan fingerprint density at radius 1 is 1.24 bits per heavy atom. The molecular weight excluding hydrogens is 220 g/mol. The molecule has 0 fully saturated rings. The molecule has 1 aromatic carbocycles. The number of benzene rings is 1. The van der Waals surface area contributed by atoms with Crippen LogP contribution in [0.1, 0.15) is 17.3 Å². The van der Waals surface area contributed by atoms with E-state index < -0.39 is 0 Å². The number of nitrogens with one attached hydrogen (secondary N) is 1. The van der Waals surface area contributed by atoms with Crippen molar-refractivity contribution in [2.45, 2.75) is 6.92 Å². The number of hydrogen-bond acceptors (Lipinski definition) is 4. The second kappa shape index (κ2) is 5.89. The van der Waals surface area contributed by atoms with Gasteiger partial charge in [-0.05, 0) is 19.1 Å². The van der Waals surface area contributed by atoms with Crippen LogP contribution < -0.4 is 14.8 Å². The molecular formula is C12H16N2O3. The van der Waals surface area contributed by atoms with Gasteiger partial charge in [-0.3, -0.25) is 9.79 Å². The molecule has 0 unspecified atom stereocenters. The third-order valence-electron chi connectivity index (χ3n) is 2.28. The van der Waals surface area contributed by atoms with E-state index in [1.54, 1.807) is 32.2 Å². The van der Waals surface area contributed by atoms with Crippen LogP contribution in [0.4, 0.5) is 0 Å². The summed E-state index contributed by atoms with van der Waals surface area (Å²) >= 11 is 0. The van der Waals surface area contributed by atoms with Crippen molar-refractivity contribution in [3.8, 4) is 11.5 Å². The van der Waals surface area contributed by atoms with Crippen LogP contribution in [0.15, 0.2) is 23.2 Å². The normalized spacial score (nSPS) is 10.9. The zero-order chi connectivity index (χ0) is 12.8. The Morgan fingerprint density at radius 2 is 1.76 bits per heavy atom. The molecule has 17 heavy (non-hydrogen) atoms. The summed E-state index contributed by atoms with van der Waals surface area (Å²) in [7, 11) is 4.62. The molecule has 1 rings (SSSR count). The number of carbonyl (C=O) groups excluding carboxylic acids is 1. The van der Waals surface area contributed by atoms with Crippen molar-refractivity contribution in [1.29, 1.82) is 0 Å². The lowest BCUT2D eigenvalue weighted by molar-refractivity contribution is 0.0970. The molecule has 0 radical (unpaired) electrons. The van der Waals surface area contributed by atoms with Crippen LogP contribution in [0, 0.1) is 0 Å². The Bertz CT molecular complexity index is 419.